The number of phenolic OH excluding ortho intramolecular Hbond substituents is 1. The van der Waals surface area contributed by atoms with Crippen molar-refractivity contribution in [3.63, 3.8) is 0 Å². The highest BCUT2D eigenvalue weighted by molar-refractivity contribution is 6.04. The lowest BCUT2D eigenvalue weighted by molar-refractivity contribution is 0.108. The molecular formula is C33H33F2N5O2. The first kappa shape index (κ1) is 26.9. The molecule has 4 heterocycles. The summed E-state index contributed by atoms with van der Waals surface area (Å²) in [5.74, 6) is 1.77. The van der Waals surface area contributed by atoms with Crippen LogP contribution in [-0.2, 0) is 0 Å². The molecule has 3 saturated heterocycles. The van der Waals surface area contributed by atoms with Gasteiger partial charge in [0.1, 0.15) is 29.5 Å². The quantitative estimate of drug-likeness (QED) is 0.320. The number of piperazine rings is 1. The minimum atomic E-state index is -0.609. The molecule has 3 fully saturated rings. The monoisotopic (exact) mass is 569 g/mol. The minimum absolute atomic E-state index is 0.0135. The molecule has 1 aromatic heterocycles. The van der Waals surface area contributed by atoms with Crippen LogP contribution in [-0.4, -0.2) is 70.9 Å². The molecule has 3 aliphatic rings. The van der Waals surface area contributed by atoms with Crippen molar-refractivity contribution in [1.82, 2.24) is 20.2 Å². The first-order chi connectivity index (χ1) is 20.2. The first-order valence-corrected chi connectivity index (χ1v) is 14.5. The number of nitrogens with zero attached hydrogens (tertiary/aromatic N) is 4. The number of aromatic hydroxyl groups is 1. The second kappa shape index (κ2) is 10.1. The third kappa shape index (κ3) is 4.41. The van der Waals surface area contributed by atoms with Crippen LogP contribution in [0.5, 0.6) is 11.8 Å². The third-order valence-electron chi connectivity index (χ3n) is 9.41. The summed E-state index contributed by atoms with van der Waals surface area (Å²) in [6.07, 6.45) is 9.94. The van der Waals surface area contributed by atoms with Gasteiger partial charge < -0.3 is 20.1 Å². The summed E-state index contributed by atoms with van der Waals surface area (Å²) in [4.78, 5) is 13.9. The Morgan fingerprint density at radius 2 is 1.90 bits per heavy atom. The largest absolute Gasteiger partial charge is 0.508 e. The Morgan fingerprint density at radius 1 is 1.12 bits per heavy atom. The number of halogens is 2. The van der Waals surface area contributed by atoms with Gasteiger partial charge in [0.15, 0.2) is 5.82 Å². The smallest absolute Gasteiger partial charge is 0.319 e. The predicted molar refractivity (Wildman–Crippen MR) is 160 cm³/mol. The number of rotatable bonds is 5. The molecule has 42 heavy (non-hydrogen) atoms. The van der Waals surface area contributed by atoms with Gasteiger partial charge in [-0.05, 0) is 81.4 Å². The number of nitrogens with one attached hydrogen (secondary N) is 1. The van der Waals surface area contributed by atoms with Crippen LogP contribution in [0.3, 0.4) is 0 Å². The first-order valence-electron chi connectivity index (χ1n) is 14.5. The van der Waals surface area contributed by atoms with Gasteiger partial charge in [-0.25, -0.2) is 8.78 Å². The summed E-state index contributed by atoms with van der Waals surface area (Å²) in [6.45, 7) is 5.04. The van der Waals surface area contributed by atoms with E-state index in [2.05, 4.69) is 40.0 Å². The number of fused-ring (bicyclic) bond motifs is 4. The number of benzene rings is 3. The molecule has 0 aliphatic carbocycles. The zero-order chi connectivity index (χ0) is 29.2. The van der Waals surface area contributed by atoms with Gasteiger partial charge in [-0.15, -0.1) is 6.42 Å². The highest BCUT2D eigenvalue weighted by Crippen LogP contribution is 2.40. The number of aromatic nitrogens is 2. The van der Waals surface area contributed by atoms with Crippen molar-refractivity contribution in [2.75, 3.05) is 38.2 Å². The SMILES string of the molecule is C#Cc1c(F)ccc2cc(O)cc(-c3ccc4c(N5C[C@H]6CC[C@@H](C5)N6)nc(OCC5(C)CCCN5C)nc4c3F)c12. The van der Waals surface area contributed by atoms with E-state index in [1.54, 1.807) is 12.1 Å². The Balaban J connectivity index is 1.40. The molecule has 1 unspecified atom stereocenters. The molecule has 2 N–H and O–H groups in total. The molecule has 0 radical (unpaired) electrons. The van der Waals surface area contributed by atoms with Crippen molar-refractivity contribution in [1.29, 1.82) is 0 Å². The Labute approximate surface area is 243 Å². The van der Waals surface area contributed by atoms with E-state index in [1.165, 1.54) is 24.3 Å². The second-order valence-corrected chi connectivity index (χ2v) is 12.2. The molecule has 2 bridgehead atoms. The number of terminal acetylenes is 1. The van der Waals surface area contributed by atoms with E-state index >= 15 is 4.39 Å². The fourth-order valence-corrected chi connectivity index (χ4v) is 6.95. The van der Waals surface area contributed by atoms with Crippen molar-refractivity contribution in [2.24, 2.45) is 0 Å². The van der Waals surface area contributed by atoms with E-state index in [9.17, 15) is 9.50 Å². The number of ether oxygens (including phenoxy) is 1. The van der Waals surface area contributed by atoms with Crippen LogP contribution in [0.25, 0.3) is 32.8 Å². The van der Waals surface area contributed by atoms with Crippen LogP contribution < -0.4 is 15.0 Å². The lowest BCUT2D eigenvalue weighted by Crippen LogP contribution is -2.51. The van der Waals surface area contributed by atoms with Gasteiger partial charge in [0.05, 0.1) is 11.1 Å². The Bertz CT molecular complexity index is 1760. The van der Waals surface area contributed by atoms with E-state index in [1.807, 2.05) is 0 Å². The lowest BCUT2D eigenvalue weighted by Gasteiger charge is -2.34. The molecule has 7 nitrogen and oxygen atoms in total. The maximum absolute atomic E-state index is 16.7. The number of hydrogen-bond acceptors (Lipinski definition) is 7. The molecule has 216 valence electrons. The number of anilines is 1. The van der Waals surface area contributed by atoms with Gasteiger partial charge in [0.2, 0.25) is 0 Å². The second-order valence-electron chi connectivity index (χ2n) is 12.2. The summed E-state index contributed by atoms with van der Waals surface area (Å²) in [6, 6.07) is 9.94. The van der Waals surface area contributed by atoms with Crippen molar-refractivity contribution in [3.05, 3.63) is 53.6 Å². The van der Waals surface area contributed by atoms with Crippen LogP contribution in [0.1, 0.15) is 38.2 Å². The average molecular weight is 570 g/mol. The maximum Gasteiger partial charge on any atom is 0.319 e. The van der Waals surface area contributed by atoms with Crippen LogP contribution in [0.2, 0.25) is 0 Å². The molecule has 9 heteroatoms. The van der Waals surface area contributed by atoms with E-state index in [-0.39, 0.29) is 33.9 Å². The summed E-state index contributed by atoms with van der Waals surface area (Å²) in [5.41, 5.74) is 0.408. The summed E-state index contributed by atoms with van der Waals surface area (Å²) >= 11 is 0. The summed E-state index contributed by atoms with van der Waals surface area (Å²) in [5, 5.41) is 15.6. The Morgan fingerprint density at radius 3 is 2.62 bits per heavy atom. The maximum atomic E-state index is 16.7. The fourth-order valence-electron chi connectivity index (χ4n) is 6.95. The van der Waals surface area contributed by atoms with Gasteiger partial charge in [-0.1, -0.05) is 18.1 Å². The molecule has 0 saturated carbocycles. The topological polar surface area (TPSA) is 73.8 Å². The van der Waals surface area contributed by atoms with E-state index in [4.69, 9.17) is 16.1 Å². The molecule has 0 spiro atoms. The molecule has 3 atom stereocenters. The Hall–Kier alpha value is -4.00. The highest BCUT2D eigenvalue weighted by Gasteiger charge is 2.36. The van der Waals surface area contributed by atoms with Crippen LogP contribution in [0.4, 0.5) is 14.6 Å². The van der Waals surface area contributed by atoms with Crippen molar-refractivity contribution in [2.45, 2.75) is 50.2 Å². The van der Waals surface area contributed by atoms with Gasteiger partial charge in [-0.2, -0.15) is 9.97 Å². The van der Waals surface area contributed by atoms with Gasteiger partial charge in [-0.3, -0.25) is 4.90 Å². The lowest BCUT2D eigenvalue weighted by atomic mass is 9.93. The zero-order valence-corrected chi connectivity index (χ0v) is 23.8. The van der Waals surface area contributed by atoms with Crippen LogP contribution in [0, 0.1) is 24.0 Å². The normalized spacial score (nSPS) is 24.0. The minimum Gasteiger partial charge on any atom is -0.508 e. The van der Waals surface area contributed by atoms with Crippen LogP contribution in [0.15, 0.2) is 36.4 Å². The predicted octanol–water partition coefficient (Wildman–Crippen LogP) is 5.22. The summed E-state index contributed by atoms with van der Waals surface area (Å²) in [7, 11) is 2.08. The van der Waals surface area contributed by atoms with Gasteiger partial charge in [0, 0.05) is 41.5 Å². The number of hydrogen-bond donors (Lipinski definition) is 2. The van der Waals surface area contributed by atoms with E-state index in [0.717, 1.165) is 45.3 Å². The fraction of sp³-hybridized carbons (Fsp3) is 0.394. The van der Waals surface area contributed by atoms with E-state index < -0.39 is 11.6 Å². The van der Waals surface area contributed by atoms with Gasteiger partial charge >= 0.3 is 6.01 Å². The number of likely N-dealkylation sites (N-methyl/N-ethyl adjacent to an activating group) is 1. The van der Waals surface area contributed by atoms with Crippen molar-refractivity contribution >= 4 is 27.5 Å². The zero-order valence-electron chi connectivity index (χ0n) is 23.8. The highest BCUT2D eigenvalue weighted by atomic mass is 19.1. The molecule has 7 rings (SSSR count). The van der Waals surface area contributed by atoms with Gasteiger partial charge in [0.25, 0.3) is 0 Å². The molecule has 0 amide bonds. The molecule has 3 aromatic carbocycles. The number of likely N-dealkylation sites (tertiary alicyclic amines) is 1. The Kier molecular flexibility index (Phi) is 6.44. The molecular weight excluding hydrogens is 536 g/mol. The average Bonchev–Trinajstić information content (AvgIpc) is 3.50. The molecule has 4 aromatic rings. The van der Waals surface area contributed by atoms with Crippen molar-refractivity contribution in [3.8, 4) is 35.2 Å². The third-order valence-corrected chi connectivity index (χ3v) is 9.41. The standard InChI is InChI=1S/C33H33F2N5O2/c1-4-23-27(34)11-6-19-14-22(41)15-26(28(19)23)24-9-10-25-30(29(24)35)37-32(42-18-33(2)12-5-13-39(33)3)38-31(25)40-16-20-7-8-21(17-40)36-20/h1,6,9-11,14-15,20-21,36,41H,5,7-8,12-13,16-18H2,2-3H3/t20-,21+,33?. The summed E-state index contributed by atoms with van der Waals surface area (Å²) < 4.78 is 37.7. The van der Waals surface area contributed by atoms with Crippen molar-refractivity contribution < 1.29 is 18.6 Å². The molecule has 3 aliphatic heterocycles. The van der Waals surface area contributed by atoms with E-state index in [0.29, 0.717) is 46.2 Å². The number of phenols is 1. The van der Waals surface area contributed by atoms with Crippen LogP contribution >= 0.6 is 0 Å².